The van der Waals surface area contributed by atoms with Gasteiger partial charge in [-0.3, -0.25) is 9.59 Å². The smallest absolute Gasteiger partial charge is 0.248 e. The van der Waals surface area contributed by atoms with Gasteiger partial charge in [0.25, 0.3) is 0 Å². The topological polar surface area (TPSA) is 98.7 Å². The Morgan fingerprint density at radius 1 is 1.35 bits per heavy atom. The summed E-state index contributed by atoms with van der Waals surface area (Å²) in [6.07, 6.45) is 0.932. The number of carbonyl (C=O) groups excluding carboxylic acids is 2. The number of primary amides is 1. The number of ether oxygens (including phenoxy) is 1. The fourth-order valence-electron chi connectivity index (χ4n) is 3.19. The lowest BCUT2D eigenvalue weighted by Gasteiger charge is -2.17. The number of likely N-dealkylation sites (tertiary alicyclic amines) is 1. The Kier molecular flexibility index (Phi) is 5.37. The molecule has 1 saturated heterocycles. The molecule has 7 nitrogen and oxygen atoms in total. The maximum atomic E-state index is 12.6. The molecule has 1 unspecified atom stereocenters. The lowest BCUT2D eigenvalue weighted by molar-refractivity contribution is -0.130. The van der Waals surface area contributed by atoms with Crippen molar-refractivity contribution in [3.05, 3.63) is 52.4 Å². The van der Waals surface area contributed by atoms with Gasteiger partial charge in [-0.05, 0) is 31.9 Å². The molecule has 0 aliphatic carbocycles. The van der Waals surface area contributed by atoms with E-state index in [1.165, 1.54) is 0 Å². The van der Waals surface area contributed by atoms with Gasteiger partial charge in [0, 0.05) is 24.2 Å². The zero-order valence-electron chi connectivity index (χ0n) is 15.0. The fraction of sp³-hybridized carbons (Fsp3) is 0.421. The number of aromatic nitrogens is 1. The number of carbonyl (C=O) groups is 2. The molecule has 1 aliphatic heterocycles. The molecule has 7 heteroatoms. The Balaban J connectivity index is 1.55. The zero-order valence-corrected chi connectivity index (χ0v) is 15.0. The van der Waals surface area contributed by atoms with Gasteiger partial charge in [-0.15, -0.1) is 0 Å². The molecule has 1 fully saturated rings. The van der Waals surface area contributed by atoms with Crippen molar-refractivity contribution in [1.29, 1.82) is 0 Å². The van der Waals surface area contributed by atoms with Gasteiger partial charge in [0.05, 0.1) is 24.8 Å². The number of rotatable bonds is 6. The van der Waals surface area contributed by atoms with E-state index in [0.29, 0.717) is 30.8 Å². The van der Waals surface area contributed by atoms with E-state index in [0.717, 1.165) is 23.4 Å². The van der Waals surface area contributed by atoms with Crippen LogP contribution in [0.4, 0.5) is 0 Å². The first-order chi connectivity index (χ1) is 12.5. The lowest BCUT2D eigenvalue weighted by Crippen LogP contribution is -2.32. The number of aryl methyl sites for hydroxylation is 2. The molecule has 26 heavy (non-hydrogen) atoms. The highest BCUT2D eigenvalue weighted by Crippen LogP contribution is 2.20. The molecule has 1 aromatic heterocycles. The highest BCUT2D eigenvalue weighted by atomic mass is 16.5. The Bertz CT molecular complexity index is 795. The standard InChI is InChI=1S/C19H23N3O4/c1-12-17(13(2)26-21-12)11-25-15-7-8-22(10-15)18(23)9-14-5-3-4-6-16(14)19(20)24/h3-6,15H,7-11H2,1-2H3,(H2,20,24). The number of nitrogens with zero attached hydrogens (tertiary/aromatic N) is 2. The summed E-state index contributed by atoms with van der Waals surface area (Å²) in [5, 5.41) is 3.92. The van der Waals surface area contributed by atoms with Crippen LogP contribution in [0.1, 0.15) is 39.4 Å². The van der Waals surface area contributed by atoms with Crippen LogP contribution >= 0.6 is 0 Å². The average molecular weight is 357 g/mol. The quantitative estimate of drug-likeness (QED) is 0.849. The van der Waals surface area contributed by atoms with Crippen molar-refractivity contribution in [3.63, 3.8) is 0 Å². The molecule has 0 bridgehead atoms. The molecule has 0 radical (unpaired) electrons. The lowest BCUT2D eigenvalue weighted by atomic mass is 10.0. The summed E-state index contributed by atoms with van der Waals surface area (Å²) in [6, 6.07) is 6.95. The first-order valence-electron chi connectivity index (χ1n) is 8.64. The second-order valence-electron chi connectivity index (χ2n) is 6.56. The third kappa shape index (κ3) is 3.94. The molecule has 1 atom stereocenters. The van der Waals surface area contributed by atoms with Crippen LogP contribution in [0, 0.1) is 13.8 Å². The molecule has 138 valence electrons. The number of hydrogen-bond donors (Lipinski definition) is 1. The fourth-order valence-corrected chi connectivity index (χ4v) is 3.19. The zero-order chi connectivity index (χ0) is 18.7. The minimum Gasteiger partial charge on any atom is -0.371 e. The monoisotopic (exact) mass is 357 g/mol. The molecular weight excluding hydrogens is 334 g/mol. The third-order valence-corrected chi connectivity index (χ3v) is 4.77. The minimum atomic E-state index is -0.518. The summed E-state index contributed by atoms with van der Waals surface area (Å²) in [7, 11) is 0. The van der Waals surface area contributed by atoms with Gasteiger partial charge >= 0.3 is 0 Å². The molecular formula is C19H23N3O4. The maximum absolute atomic E-state index is 12.6. The van der Waals surface area contributed by atoms with Gasteiger partial charge < -0.3 is 19.9 Å². The van der Waals surface area contributed by atoms with E-state index in [9.17, 15) is 9.59 Å². The van der Waals surface area contributed by atoms with Crippen LogP contribution in [0.2, 0.25) is 0 Å². The summed E-state index contributed by atoms with van der Waals surface area (Å²) in [6.45, 7) is 5.36. The normalized spacial score (nSPS) is 16.8. The second kappa shape index (κ2) is 7.70. The van der Waals surface area contributed by atoms with Gasteiger partial charge in [-0.2, -0.15) is 0 Å². The molecule has 0 spiro atoms. The molecule has 1 aromatic carbocycles. The molecule has 2 heterocycles. The SMILES string of the molecule is Cc1noc(C)c1COC1CCN(C(=O)Cc2ccccc2C(N)=O)C1. The van der Waals surface area contributed by atoms with Gasteiger partial charge in [-0.1, -0.05) is 23.4 Å². The summed E-state index contributed by atoms with van der Waals surface area (Å²) in [4.78, 5) is 25.8. The molecule has 2 N–H and O–H groups in total. The Morgan fingerprint density at radius 2 is 2.12 bits per heavy atom. The molecule has 3 rings (SSSR count). The van der Waals surface area contributed by atoms with Crippen molar-refractivity contribution < 1.29 is 18.8 Å². The average Bonchev–Trinajstić information content (AvgIpc) is 3.21. The van der Waals surface area contributed by atoms with Crippen LogP contribution < -0.4 is 5.73 Å². The van der Waals surface area contributed by atoms with Crippen LogP contribution in [0.15, 0.2) is 28.8 Å². The molecule has 1 aliphatic rings. The van der Waals surface area contributed by atoms with Crippen LogP contribution in [0.5, 0.6) is 0 Å². The predicted molar refractivity (Wildman–Crippen MR) is 94.4 cm³/mol. The van der Waals surface area contributed by atoms with Gasteiger partial charge in [0.15, 0.2) is 0 Å². The molecule has 2 aromatic rings. The number of hydrogen-bond acceptors (Lipinski definition) is 5. The van der Waals surface area contributed by atoms with E-state index in [2.05, 4.69) is 5.16 Å². The van der Waals surface area contributed by atoms with Crippen LogP contribution in [0.3, 0.4) is 0 Å². The second-order valence-corrected chi connectivity index (χ2v) is 6.56. The van der Waals surface area contributed by atoms with Crippen molar-refractivity contribution >= 4 is 11.8 Å². The predicted octanol–water partition coefficient (Wildman–Crippen LogP) is 1.75. The van der Waals surface area contributed by atoms with E-state index in [1.807, 2.05) is 13.8 Å². The third-order valence-electron chi connectivity index (χ3n) is 4.77. The van der Waals surface area contributed by atoms with Crippen molar-refractivity contribution in [2.45, 2.75) is 39.4 Å². The van der Waals surface area contributed by atoms with Crippen LogP contribution in [-0.2, 0) is 22.6 Å². The summed E-state index contributed by atoms with van der Waals surface area (Å²) in [5.74, 6) is 0.217. The van der Waals surface area contributed by atoms with E-state index < -0.39 is 5.91 Å². The van der Waals surface area contributed by atoms with Gasteiger partial charge in [-0.25, -0.2) is 0 Å². The van der Waals surface area contributed by atoms with Crippen molar-refractivity contribution in [2.24, 2.45) is 5.73 Å². The van der Waals surface area contributed by atoms with Gasteiger partial charge in [0.2, 0.25) is 11.8 Å². The minimum absolute atomic E-state index is 0.0148. The number of benzene rings is 1. The van der Waals surface area contributed by atoms with Crippen molar-refractivity contribution in [3.8, 4) is 0 Å². The summed E-state index contributed by atoms with van der Waals surface area (Å²) < 4.78 is 11.1. The molecule has 2 amide bonds. The van der Waals surface area contributed by atoms with E-state index in [-0.39, 0.29) is 18.4 Å². The highest BCUT2D eigenvalue weighted by Gasteiger charge is 2.28. The van der Waals surface area contributed by atoms with Crippen molar-refractivity contribution in [1.82, 2.24) is 10.1 Å². The Morgan fingerprint density at radius 3 is 2.81 bits per heavy atom. The first kappa shape index (κ1) is 18.1. The van der Waals surface area contributed by atoms with Crippen molar-refractivity contribution in [2.75, 3.05) is 13.1 Å². The highest BCUT2D eigenvalue weighted by molar-refractivity contribution is 5.95. The first-order valence-corrected chi connectivity index (χ1v) is 8.64. The van der Waals surface area contributed by atoms with Crippen LogP contribution in [0.25, 0.3) is 0 Å². The molecule has 0 saturated carbocycles. The summed E-state index contributed by atoms with van der Waals surface area (Å²) in [5.41, 5.74) is 8.22. The summed E-state index contributed by atoms with van der Waals surface area (Å²) >= 11 is 0. The van der Waals surface area contributed by atoms with E-state index in [4.69, 9.17) is 15.0 Å². The Hall–Kier alpha value is -2.67. The largest absolute Gasteiger partial charge is 0.371 e. The number of nitrogens with two attached hydrogens (primary N) is 1. The maximum Gasteiger partial charge on any atom is 0.248 e. The van der Waals surface area contributed by atoms with Gasteiger partial charge in [0.1, 0.15) is 5.76 Å². The van der Waals surface area contributed by atoms with E-state index >= 15 is 0 Å². The van der Waals surface area contributed by atoms with E-state index in [1.54, 1.807) is 29.2 Å². The Labute approximate surface area is 152 Å². The van der Waals surface area contributed by atoms with Crippen LogP contribution in [-0.4, -0.2) is 41.1 Å². The number of amides is 2.